The standard InChI is InChI=1S/C20H25ClN4O3S/c1-14-6-7-16(21)12-19(14)25-10-8-24(9-11-25)15(2)20(26)23-17-4-3-5-18(13-17)29(22,27)28/h3-7,12-13,15H,8-11H2,1-2H3,(H,23,26)(H2,22,27,28)/p+1. The van der Waals surface area contributed by atoms with Crippen LogP contribution in [0.15, 0.2) is 47.4 Å². The maximum absolute atomic E-state index is 12.7. The summed E-state index contributed by atoms with van der Waals surface area (Å²) < 4.78 is 23.0. The minimum absolute atomic E-state index is 0.0270. The van der Waals surface area contributed by atoms with E-state index in [1.807, 2.05) is 25.1 Å². The Bertz CT molecular complexity index is 1000. The van der Waals surface area contributed by atoms with Crippen molar-refractivity contribution in [3.63, 3.8) is 0 Å². The Morgan fingerprint density at radius 3 is 2.55 bits per heavy atom. The molecule has 1 unspecified atom stereocenters. The van der Waals surface area contributed by atoms with Crippen LogP contribution in [-0.4, -0.2) is 46.5 Å². The molecule has 2 aromatic carbocycles. The highest BCUT2D eigenvalue weighted by Crippen LogP contribution is 2.24. The Hall–Kier alpha value is -2.13. The third kappa shape index (κ3) is 5.27. The fourth-order valence-corrected chi connectivity index (χ4v) is 4.30. The van der Waals surface area contributed by atoms with Crippen LogP contribution in [0.3, 0.4) is 0 Å². The second-order valence-corrected chi connectivity index (χ2v) is 9.36. The SMILES string of the molecule is Cc1ccc(Cl)cc1N1CC[NH+](C(C)C(=O)Nc2cccc(S(N)(=O)=O)c2)CC1. The molecule has 0 aliphatic carbocycles. The number of quaternary nitrogens is 1. The van der Waals surface area contributed by atoms with E-state index in [9.17, 15) is 13.2 Å². The lowest BCUT2D eigenvalue weighted by atomic mass is 10.1. The largest absolute Gasteiger partial charge is 0.360 e. The van der Waals surface area contributed by atoms with Gasteiger partial charge in [-0.1, -0.05) is 23.7 Å². The van der Waals surface area contributed by atoms with Gasteiger partial charge in [-0.05, 0) is 49.7 Å². The van der Waals surface area contributed by atoms with Crippen molar-refractivity contribution in [3.05, 3.63) is 53.1 Å². The number of anilines is 2. The third-order valence-corrected chi connectivity index (χ3v) is 6.50. The molecule has 1 aliphatic rings. The lowest BCUT2D eigenvalue weighted by Crippen LogP contribution is -3.19. The van der Waals surface area contributed by atoms with Gasteiger partial charge in [-0.15, -0.1) is 0 Å². The smallest absolute Gasteiger partial charge is 0.282 e. The highest BCUT2D eigenvalue weighted by molar-refractivity contribution is 7.89. The van der Waals surface area contributed by atoms with Gasteiger partial charge in [0.1, 0.15) is 0 Å². The second kappa shape index (κ2) is 8.71. The number of piperazine rings is 1. The van der Waals surface area contributed by atoms with E-state index in [0.717, 1.165) is 36.9 Å². The number of carbonyl (C=O) groups is 1. The number of benzene rings is 2. The number of amides is 1. The number of nitrogens with two attached hydrogens (primary N) is 1. The molecule has 9 heteroatoms. The number of carbonyl (C=O) groups excluding carboxylic acids is 1. The molecule has 1 saturated heterocycles. The molecule has 1 heterocycles. The fraction of sp³-hybridized carbons (Fsp3) is 0.350. The van der Waals surface area contributed by atoms with Gasteiger partial charge in [-0.3, -0.25) is 4.79 Å². The van der Waals surface area contributed by atoms with Gasteiger partial charge in [-0.25, -0.2) is 13.6 Å². The van der Waals surface area contributed by atoms with Crippen molar-refractivity contribution in [1.29, 1.82) is 0 Å². The number of hydrogen-bond donors (Lipinski definition) is 3. The zero-order chi connectivity index (χ0) is 21.2. The maximum Gasteiger partial charge on any atom is 0.282 e. The third-order valence-electron chi connectivity index (χ3n) is 5.35. The van der Waals surface area contributed by atoms with Gasteiger partial charge >= 0.3 is 0 Å². The molecule has 3 rings (SSSR count). The molecule has 1 fully saturated rings. The average molecular weight is 438 g/mol. The minimum atomic E-state index is -3.81. The van der Waals surface area contributed by atoms with Crippen molar-refractivity contribution in [2.75, 3.05) is 36.4 Å². The van der Waals surface area contributed by atoms with Crippen molar-refractivity contribution >= 4 is 38.9 Å². The van der Waals surface area contributed by atoms with Gasteiger partial charge in [0, 0.05) is 16.4 Å². The molecule has 2 aromatic rings. The van der Waals surface area contributed by atoms with E-state index >= 15 is 0 Å². The highest BCUT2D eigenvalue weighted by Gasteiger charge is 2.29. The fourth-order valence-electron chi connectivity index (χ4n) is 3.58. The van der Waals surface area contributed by atoms with Crippen LogP contribution in [0.2, 0.25) is 5.02 Å². The molecular formula is C20H26ClN4O3S+. The van der Waals surface area contributed by atoms with Crippen LogP contribution in [0, 0.1) is 6.92 Å². The summed E-state index contributed by atoms with van der Waals surface area (Å²) in [7, 11) is -3.81. The van der Waals surface area contributed by atoms with Gasteiger partial charge in [0.25, 0.3) is 5.91 Å². The number of nitrogens with one attached hydrogen (secondary N) is 2. The molecule has 7 nitrogen and oxygen atoms in total. The van der Waals surface area contributed by atoms with Gasteiger partial charge in [0.15, 0.2) is 6.04 Å². The molecule has 0 aromatic heterocycles. The van der Waals surface area contributed by atoms with E-state index in [0.29, 0.717) is 5.69 Å². The van der Waals surface area contributed by atoms with Crippen LogP contribution >= 0.6 is 11.6 Å². The summed E-state index contributed by atoms with van der Waals surface area (Å²) in [5, 5.41) is 8.67. The Morgan fingerprint density at radius 2 is 1.90 bits per heavy atom. The van der Waals surface area contributed by atoms with Crippen molar-refractivity contribution in [2.45, 2.75) is 24.8 Å². The van der Waals surface area contributed by atoms with Crippen molar-refractivity contribution < 1.29 is 18.1 Å². The van der Waals surface area contributed by atoms with Gasteiger partial charge < -0.3 is 15.1 Å². The first-order valence-electron chi connectivity index (χ1n) is 9.44. The number of halogens is 1. The number of nitrogens with zero attached hydrogens (tertiary/aromatic N) is 1. The Balaban J connectivity index is 1.61. The lowest BCUT2D eigenvalue weighted by Gasteiger charge is -2.36. The summed E-state index contributed by atoms with van der Waals surface area (Å²) in [5.74, 6) is -0.154. The molecule has 1 atom stereocenters. The summed E-state index contributed by atoms with van der Waals surface area (Å²) in [6.07, 6.45) is 0. The molecule has 0 bridgehead atoms. The molecule has 1 aliphatic heterocycles. The molecule has 1 amide bonds. The Labute approximate surface area is 176 Å². The van der Waals surface area contributed by atoms with Crippen molar-refractivity contribution in [3.8, 4) is 0 Å². The molecule has 0 radical (unpaired) electrons. The number of primary sulfonamides is 1. The second-order valence-electron chi connectivity index (χ2n) is 7.36. The summed E-state index contributed by atoms with van der Waals surface area (Å²) >= 11 is 6.14. The number of aryl methyl sites for hydroxylation is 1. The first-order valence-corrected chi connectivity index (χ1v) is 11.4. The van der Waals surface area contributed by atoms with Crippen LogP contribution in [-0.2, 0) is 14.8 Å². The van der Waals surface area contributed by atoms with Crippen LogP contribution in [0.1, 0.15) is 12.5 Å². The molecule has 4 N–H and O–H groups in total. The van der Waals surface area contributed by atoms with Crippen molar-refractivity contribution in [1.82, 2.24) is 0 Å². The van der Waals surface area contributed by atoms with Crippen LogP contribution in [0.25, 0.3) is 0 Å². The zero-order valence-electron chi connectivity index (χ0n) is 16.5. The first kappa shape index (κ1) is 21.6. The van der Waals surface area contributed by atoms with E-state index in [2.05, 4.69) is 17.1 Å². The summed E-state index contributed by atoms with van der Waals surface area (Å²) in [5.41, 5.74) is 2.73. The number of sulfonamides is 1. The highest BCUT2D eigenvalue weighted by atomic mass is 35.5. The summed E-state index contributed by atoms with van der Waals surface area (Å²) in [4.78, 5) is 16.1. The van der Waals surface area contributed by atoms with Crippen LogP contribution < -0.4 is 20.3 Å². The summed E-state index contributed by atoms with van der Waals surface area (Å²) in [6.45, 7) is 7.24. The van der Waals surface area contributed by atoms with E-state index in [1.54, 1.807) is 12.1 Å². The van der Waals surface area contributed by atoms with E-state index < -0.39 is 10.0 Å². The number of rotatable bonds is 5. The Kier molecular flexibility index (Phi) is 6.48. The summed E-state index contributed by atoms with van der Waals surface area (Å²) in [6, 6.07) is 11.6. The maximum atomic E-state index is 12.7. The lowest BCUT2D eigenvalue weighted by molar-refractivity contribution is -0.914. The van der Waals surface area contributed by atoms with Gasteiger partial charge in [0.2, 0.25) is 10.0 Å². The van der Waals surface area contributed by atoms with E-state index in [4.69, 9.17) is 16.7 Å². The monoisotopic (exact) mass is 437 g/mol. The molecule has 0 saturated carbocycles. The normalized spacial score (nSPS) is 16.5. The molecule has 156 valence electrons. The van der Waals surface area contributed by atoms with Crippen LogP contribution in [0.4, 0.5) is 11.4 Å². The van der Waals surface area contributed by atoms with E-state index in [-0.39, 0.29) is 16.8 Å². The predicted octanol–water partition coefficient (Wildman–Crippen LogP) is 1.03. The molecule has 29 heavy (non-hydrogen) atoms. The molecule has 0 spiro atoms. The first-order chi connectivity index (χ1) is 13.6. The predicted molar refractivity (Wildman–Crippen MR) is 115 cm³/mol. The molecular weight excluding hydrogens is 412 g/mol. The van der Waals surface area contributed by atoms with Gasteiger partial charge in [-0.2, -0.15) is 0 Å². The van der Waals surface area contributed by atoms with Crippen LogP contribution in [0.5, 0.6) is 0 Å². The zero-order valence-corrected chi connectivity index (χ0v) is 18.1. The topological polar surface area (TPSA) is 96.9 Å². The Morgan fingerprint density at radius 1 is 1.21 bits per heavy atom. The van der Waals surface area contributed by atoms with Crippen molar-refractivity contribution in [2.24, 2.45) is 5.14 Å². The quantitative estimate of drug-likeness (QED) is 0.650. The number of hydrogen-bond acceptors (Lipinski definition) is 4. The van der Waals surface area contributed by atoms with E-state index in [1.165, 1.54) is 22.6 Å². The average Bonchev–Trinajstić information content (AvgIpc) is 2.69. The minimum Gasteiger partial charge on any atom is -0.360 e. The van der Waals surface area contributed by atoms with Gasteiger partial charge in [0.05, 0.1) is 31.1 Å².